The number of sulfone groups is 1. The summed E-state index contributed by atoms with van der Waals surface area (Å²) >= 11 is 0. The summed E-state index contributed by atoms with van der Waals surface area (Å²) in [7, 11) is -3.32. The van der Waals surface area contributed by atoms with Crippen molar-refractivity contribution in [3.8, 4) is 0 Å². The lowest BCUT2D eigenvalue weighted by Gasteiger charge is -2.20. The quantitative estimate of drug-likeness (QED) is 0.890. The minimum atomic E-state index is -3.32. The second-order valence-corrected chi connectivity index (χ2v) is 6.73. The van der Waals surface area contributed by atoms with Gasteiger partial charge in [0.1, 0.15) is 0 Å². The molecule has 0 aliphatic rings. The predicted molar refractivity (Wildman–Crippen MR) is 64.7 cm³/mol. The van der Waals surface area contributed by atoms with Crippen molar-refractivity contribution in [2.75, 3.05) is 6.26 Å². The molecule has 5 heteroatoms. The average Bonchev–Trinajstić information content (AvgIpc) is 2.15. The zero-order valence-corrected chi connectivity index (χ0v) is 10.9. The minimum Gasteiger partial charge on any atom is -0.481 e. The van der Waals surface area contributed by atoms with Crippen LogP contribution in [0.4, 0.5) is 0 Å². The Bertz CT molecular complexity index is 529. The van der Waals surface area contributed by atoms with Gasteiger partial charge in [-0.1, -0.05) is 18.2 Å². The Kier molecular flexibility index (Phi) is 3.62. The van der Waals surface area contributed by atoms with Gasteiger partial charge in [0, 0.05) is 6.26 Å². The normalized spacial score (nSPS) is 12.4. The van der Waals surface area contributed by atoms with E-state index < -0.39 is 21.2 Å². The van der Waals surface area contributed by atoms with Gasteiger partial charge in [-0.05, 0) is 31.9 Å². The summed E-state index contributed by atoms with van der Waals surface area (Å²) in [6.07, 6.45) is 1.31. The summed E-state index contributed by atoms with van der Waals surface area (Å²) in [4.78, 5) is 11.2. The molecule has 0 saturated carbocycles. The highest BCUT2D eigenvalue weighted by Crippen LogP contribution is 2.26. The third-order valence-corrected chi connectivity index (χ3v) is 3.78. The molecule has 0 saturated heterocycles. The molecule has 94 valence electrons. The molecule has 0 aliphatic carbocycles. The largest absolute Gasteiger partial charge is 0.481 e. The van der Waals surface area contributed by atoms with Gasteiger partial charge < -0.3 is 5.11 Å². The average molecular weight is 256 g/mol. The van der Waals surface area contributed by atoms with Crippen LogP contribution in [0.1, 0.15) is 19.4 Å². The van der Waals surface area contributed by atoms with Gasteiger partial charge in [0.05, 0.1) is 10.3 Å². The van der Waals surface area contributed by atoms with E-state index in [-0.39, 0.29) is 11.3 Å². The molecule has 0 heterocycles. The molecule has 0 radical (unpaired) electrons. The van der Waals surface area contributed by atoms with Crippen LogP contribution in [0.15, 0.2) is 29.2 Å². The fraction of sp³-hybridized carbons (Fsp3) is 0.417. The summed E-state index contributed by atoms with van der Waals surface area (Å²) in [5.74, 6) is -0.944. The lowest BCUT2D eigenvalue weighted by atomic mass is 9.86. The first-order valence-corrected chi connectivity index (χ1v) is 7.05. The number of carboxylic acid groups (broad SMARTS) is 1. The molecule has 0 fully saturated rings. The van der Waals surface area contributed by atoms with Gasteiger partial charge in [-0.15, -0.1) is 0 Å². The fourth-order valence-electron chi connectivity index (χ4n) is 1.56. The van der Waals surface area contributed by atoms with Gasteiger partial charge in [-0.2, -0.15) is 0 Å². The number of carboxylic acids is 1. The minimum absolute atomic E-state index is 0.186. The van der Waals surface area contributed by atoms with Crippen molar-refractivity contribution in [1.29, 1.82) is 0 Å². The summed E-state index contributed by atoms with van der Waals surface area (Å²) in [6.45, 7) is 3.16. The summed E-state index contributed by atoms with van der Waals surface area (Å²) in [6, 6.07) is 6.50. The maximum absolute atomic E-state index is 11.6. The van der Waals surface area contributed by atoms with E-state index >= 15 is 0 Å². The van der Waals surface area contributed by atoms with E-state index in [1.807, 2.05) is 0 Å². The number of hydrogen-bond acceptors (Lipinski definition) is 3. The van der Waals surface area contributed by atoms with Gasteiger partial charge in [-0.25, -0.2) is 8.42 Å². The van der Waals surface area contributed by atoms with Gasteiger partial charge in [0.25, 0.3) is 0 Å². The van der Waals surface area contributed by atoms with Crippen LogP contribution in [0.2, 0.25) is 0 Å². The van der Waals surface area contributed by atoms with Gasteiger partial charge in [0.15, 0.2) is 9.84 Å². The molecule has 4 nitrogen and oxygen atoms in total. The number of aliphatic carboxylic acids is 1. The van der Waals surface area contributed by atoms with Crippen molar-refractivity contribution >= 4 is 15.8 Å². The number of rotatable bonds is 4. The van der Waals surface area contributed by atoms with E-state index in [4.69, 9.17) is 5.11 Å². The zero-order valence-electron chi connectivity index (χ0n) is 10.1. The first kappa shape index (κ1) is 13.7. The molecule has 17 heavy (non-hydrogen) atoms. The third kappa shape index (κ3) is 3.30. The van der Waals surface area contributed by atoms with Crippen LogP contribution in [0, 0.1) is 5.41 Å². The van der Waals surface area contributed by atoms with Crippen LogP contribution in [0.5, 0.6) is 0 Å². The predicted octanol–water partition coefficient (Wildman–Crippen LogP) is 1.74. The number of carbonyl (C=O) groups is 1. The Morgan fingerprint density at radius 2 is 1.82 bits per heavy atom. The van der Waals surface area contributed by atoms with Crippen molar-refractivity contribution in [2.45, 2.75) is 25.2 Å². The molecular formula is C12H16O4S. The summed E-state index contributed by atoms with van der Waals surface area (Å²) in [5.41, 5.74) is -0.441. The lowest BCUT2D eigenvalue weighted by Crippen LogP contribution is -2.26. The second kappa shape index (κ2) is 4.49. The molecule has 0 aromatic heterocycles. The van der Waals surface area contributed by atoms with Crippen LogP contribution in [-0.4, -0.2) is 25.7 Å². The van der Waals surface area contributed by atoms with Crippen LogP contribution >= 0.6 is 0 Å². The van der Waals surface area contributed by atoms with E-state index in [2.05, 4.69) is 0 Å². The highest BCUT2D eigenvalue weighted by molar-refractivity contribution is 7.90. The topological polar surface area (TPSA) is 71.4 Å². The van der Waals surface area contributed by atoms with Crippen molar-refractivity contribution in [2.24, 2.45) is 5.41 Å². The molecule has 1 rings (SSSR count). The van der Waals surface area contributed by atoms with Crippen molar-refractivity contribution < 1.29 is 18.3 Å². The Balaban J connectivity index is 3.21. The second-order valence-electron chi connectivity index (χ2n) is 4.75. The molecule has 0 spiro atoms. The maximum atomic E-state index is 11.6. The van der Waals surface area contributed by atoms with E-state index in [9.17, 15) is 13.2 Å². The SMILES string of the molecule is CC(C)(Cc1ccccc1S(C)(=O)=O)C(=O)O. The van der Waals surface area contributed by atoms with E-state index in [0.717, 1.165) is 6.26 Å². The molecule has 1 aromatic rings. The Morgan fingerprint density at radius 3 is 2.29 bits per heavy atom. The molecule has 0 atom stereocenters. The standard InChI is InChI=1S/C12H16O4S/c1-12(2,11(13)14)8-9-6-4-5-7-10(9)17(3,15)16/h4-7H,8H2,1-3H3,(H,13,14). The molecule has 0 amide bonds. The van der Waals surface area contributed by atoms with Gasteiger partial charge in [0.2, 0.25) is 0 Å². The fourth-order valence-corrected chi connectivity index (χ4v) is 2.51. The Hall–Kier alpha value is -1.36. The van der Waals surface area contributed by atoms with Crippen LogP contribution in [-0.2, 0) is 21.1 Å². The molecule has 1 aromatic carbocycles. The molecule has 1 N–H and O–H groups in total. The highest BCUT2D eigenvalue weighted by Gasteiger charge is 2.29. The molecule has 0 bridgehead atoms. The zero-order chi connectivity index (χ0) is 13.3. The number of hydrogen-bond donors (Lipinski definition) is 1. The Morgan fingerprint density at radius 1 is 1.29 bits per heavy atom. The van der Waals surface area contributed by atoms with E-state index in [1.165, 1.54) is 6.07 Å². The molecule has 0 aliphatic heterocycles. The lowest BCUT2D eigenvalue weighted by molar-refractivity contribution is -0.146. The van der Waals surface area contributed by atoms with Crippen LogP contribution in [0.3, 0.4) is 0 Å². The van der Waals surface area contributed by atoms with E-state index in [1.54, 1.807) is 32.0 Å². The smallest absolute Gasteiger partial charge is 0.309 e. The molecule has 0 unspecified atom stereocenters. The van der Waals surface area contributed by atoms with Crippen molar-refractivity contribution in [3.63, 3.8) is 0 Å². The monoisotopic (exact) mass is 256 g/mol. The third-order valence-electron chi connectivity index (χ3n) is 2.58. The number of benzene rings is 1. The Labute approximate surface area is 101 Å². The van der Waals surface area contributed by atoms with Crippen molar-refractivity contribution in [1.82, 2.24) is 0 Å². The van der Waals surface area contributed by atoms with Crippen molar-refractivity contribution in [3.05, 3.63) is 29.8 Å². The summed E-state index contributed by atoms with van der Waals surface area (Å²) < 4.78 is 23.1. The first-order chi connectivity index (χ1) is 7.64. The van der Waals surface area contributed by atoms with E-state index in [0.29, 0.717) is 5.56 Å². The van der Waals surface area contributed by atoms with Gasteiger partial charge in [-0.3, -0.25) is 4.79 Å². The van der Waals surface area contributed by atoms with Crippen LogP contribution in [0.25, 0.3) is 0 Å². The molecular weight excluding hydrogens is 240 g/mol. The summed E-state index contributed by atoms with van der Waals surface area (Å²) in [5, 5.41) is 9.05. The van der Waals surface area contributed by atoms with Gasteiger partial charge >= 0.3 is 5.97 Å². The highest BCUT2D eigenvalue weighted by atomic mass is 32.2. The first-order valence-electron chi connectivity index (χ1n) is 5.16. The maximum Gasteiger partial charge on any atom is 0.309 e. The van der Waals surface area contributed by atoms with Crippen LogP contribution < -0.4 is 0 Å².